The standard InChI is InChI=1S/C15H14BrF3N4O/c16-12-13(9-1-2-9)23(22-14(12)15(17,18)19)8-5-11(24)21-10-3-6-20-7-4-10/h3-4,6-7,9H,1-2,5,8H2,(H,20,21,24). The Balaban J connectivity index is 1.72. The summed E-state index contributed by atoms with van der Waals surface area (Å²) >= 11 is 3.03. The van der Waals surface area contributed by atoms with E-state index >= 15 is 0 Å². The molecular weight excluding hydrogens is 389 g/mol. The zero-order valence-electron chi connectivity index (χ0n) is 12.5. The van der Waals surface area contributed by atoms with Crippen molar-refractivity contribution in [3.8, 4) is 0 Å². The van der Waals surface area contributed by atoms with Crippen LogP contribution in [0.2, 0.25) is 0 Å². The van der Waals surface area contributed by atoms with Gasteiger partial charge in [0, 0.05) is 30.4 Å². The lowest BCUT2D eigenvalue weighted by Gasteiger charge is -2.08. The number of amides is 1. The van der Waals surface area contributed by atoms with Gasteiger partial charge in [-0.15, -0.1) is 0 Å². The van der Waals surface area contributed by atoms with Crippen LogP contribution in [-0.2, 0) is 17.5 Å². The number of nitrogens with zero attached hydrogens (tertiary/aromatic N) is 3. The number of hydrogen-bond donors (Lipinski definition) is 1. The molecule has 1 N–H and O–H groups in total. The van der Waals surface area contributed by atoms with Gasteiger partial charge in [-0.3, -0.25) is 14.5 Å². The molecule has 1 fully saturated rings. The number of alkyl halides is 3. The molecular formula is C15H14BrF3N4O. The molecule has 2 aromatic rings. The summed E-state index contributed by atoms with van der Waals surface area (Å²) in [6, 6.07) is 3.28. The first-order valence-electron chi connectivity index (χ1n) is 7.39. The maximum atomic E-state index is 13.0. The van der Waals surface area contributed by atoms with E-state index in [0.717, 1.165) is 12.8 Å². The number of aromatic nitrogens is 3. The fraction of sp³-hybridized carbons (Fsp3) is 0.400. The Morgan fingerprint density at radius 2 is 2.00 bits per heavy atom. The predicted molar refractivity (Wildman–Crippen MR) is 84.4 cm³/mol. The second-order valence-corrected chi connectivity index (χ2v) is 6.37. The average molecular weight is 403 g/mol. The molecule has 0 aromatic carbocycles. The molecule has 2 heterocycles. The summed E-state index contributed by atoms with van der Waals surface area (Å²) in [5.41, 5.74) is 0.188. The largest absolute Gasteiger partial charge is 0.436 e. The van der Waals surface area contributed by atoms with Crippen LogP contribution in [-0.4, -0.2) is 20.7 Å². The third-order valence-corrected chi connectivity index (χ3v) is 4.46. The van der Waals surface area contributed by atoms with Gasteiger partial charge in [0.15, 0.2) is 5.69 Å². The van der Waals surface area contributed by atoms with Gasteiger partial charge in [0.1, 0.15) is 0 Å². The Morgan fingerprint density at radius 1 is 1.33 bits per heavy atom. The summed E-state index contributed by atoms with van der Waals surface area (Å²) in [4.78, 5) is 15.8. The number of anilines is 1. The molecule has 0 bridgehead atoms. The number of halogens is 4. The SMILES string of the molecule is O=C(CCn1nc(C(F)(F)F)c(Br)c1C1CC1)Nc1ccncc1. The summed E-state index contributed by atoms with van der Waals surface area (Å²) in [6.07, 6.45) is 0.276. The molecule has 128 valence electrons. The first-order chi connectivity index (χ1) is 11.4. The lowest BCUT2D eigenvalue weighted by Crippen LogP contribution is -2.16. The molecule has 1 aliphatic carbocycles. The van der Waals surface area contributed by atoms with Crippen LogP contribution in [0.5, 0.6) is 0 Å². The highest BCUT2D eigenvalue weighted by atomic mass is 79.9. The highest BCUT2D eigenvalue weighted by molar-refractivity contribution is 9.10. The molecule has 1 saturated carbocycles. The van der Waals surface area contributed by atoms with E-state index in [-0.39, 0.29) is 29.3 Å². The van der Waals surface area contributed by atoms with E-state index in [1.54, 1.807) is 24.5 Å². The lowest BCUT2D eigenvalue weighted by molar-refractivity contribution is -0.142. The van der Waals surface area contributed by atoms with Crippen LogP contribution < -0.4 is 5.32 Å². The smallest absolute Gasteiger partial charge is 0.326 e. The number of hydrogen-bond acceptors (Lipinski definition) is 3. The normalized spacial score (nSPS) is 14.7. The summed E-state index contributed by atoms with van der Waals surface area (Å²) in [5.74, 6) is -0.214. The Morgan fingerprint density at radius 3 is 2.58 bits per heavy atom. The van der Waals surface area contributed by atoms with Crippen molar-refractivity contribution in [2.45, 2.75) is 37.9 Å². The zero-order valence-corrected chi connectivity index (χ0v) is 14.1. The minimum absolute atomic E-state index is 0.00737. The van der Waals surface area contributed by atoms with Gasteiger partial charge in [-0.05, 0) is 40.9 Å². The van der Waals surface area contributed by atoms with Gasteiger partial charge < -0.3 is 5.32 Å². The monoisotopic (exact) mass is 402 g/mol. The molecule has 0 atom stereocenters. The number of nitrogens with one attached hydrogen (secondary N) is 1. The van der Waals surface area contributed by atoms with Crippen molar-refractivity contribution >= 4 is 27.5 Å². The van der Waals surface area contributed by atoms with E-state index in [9.17, 15) is 18.0 Å². The van der Waals surface area contributed by atoms with Crippen LogP contribution in [0, 0.1) is 0 Å². The van der Waals surface area contributed by atoms with Crippen molar-refractivity contribution < 1.29 is 18.0 Å². The van der Waals surface area contributed by atoms with Crippen molar-refractivity contribution in [2.24, 2.45) is 0 Å². The number of carbonyl (C=O) groups excluding carboxylic acids is 1. The van der Waals surface area contributed by atoms with E-state index in [0.29, 0.717) is 11.4 Å². The van der Waals surface area contributed by atoms with E-state index in [1.807, 2.05) is 0 Å². The van der Waals surface area contributed by atoms with Crippen LogP contribution in [0.4, 0.5) is 18.9 Å². The first kappa shape index (κ1) is 16.9. The van der Waals surface area contributed by atoms with Gasteiger partial charge >= 0.3 is 6.18 Å². The molecule has 0 aliphatic heterocycles. The Kier molecular flexibility index (Phi) is 4.62. The number of aryl methyl sites for hydroxylation is 1. The van der Waals surface area contributed by atoms with E-state index in [4.69, 9.17) is 0 Å². The topological polar surface area (TPSA) is 59.8 Å². The quantitative estimate of drug-likeness (QED) is 0.822. The van der Waals surface area contributed by atoms with E-state index in [1.165, 1.54) is 4.68 Å². The molecule has 1 amide bonds. The number of carbonyl (C=O) groups is 1. The highest BCUT2D eigenvalue weighted by Gasteiger charge is 2.41. The number of rotatable bonds is 5. The van der Waals surface area contributed by atoms with Crippen LogP contribution >= 0.6 is 15.9 Å². The Hall–Kier alpha value is -1.90. The van der Waals surface area contributed by atoms with Gasteiger partial charge in [-0.1, -0.05) is 0 Å². The van der Waals surface area contributed by atoms with Gasteiger partial charge in [0.25, 0.3) is 0 Å². The fourth-order valence-electron chi connectivity index (χ4n) is 2.42. The molecule has 0 radical (unpaired) electrons. The average Bonchev–Trinajstić information content (AvgIpc) is 3.29. The van der Waals surface area contributed by atoms with Crippen molar-refractivity contribution in [1.29, 1.82) is 0 Å². The zero-order chi connectivity index (χ0) is 17.3. The third-order valence-electron chi connectivity index (χ3n) is 3.68. The highest BCUT2D eigenvalue weighted by Crippen LogP contribution is 2.47. The predicted octanol–water partition coefficient (Wildman–Crippen LogP) is 3.97. The summed E-state index contributed by atoms with van der Waals surface area (Å²) in [6.45, 7) is 0.0947. The maximum Gasteiger partial charge on any atom is 0.436 e. The van der Waals surface area contributed by atoms with Gasteiger partial charge in [-0.25, -0.2) is 0 Å². The molecule has 24 heavy (non-hydrogen) atoms. The maximum absolute atomic E-state index is 13.0. The Bertz CT molecular complexity index is 741. The summed E-state index contributed by atoms with van der Waals surface area (Å²) in [5, 5.41) is 6.35. The summed E-state index contributed by atoms with van der Waals surface area (Å²) in [7, 11) is 0. The molecule has 0 saturated heterocycles. The molecule has 5 nitrogen and oxygen atoms in total. The second kappa shape index (κ2) is 6.54. The third kappa shape index (κ3) is 3.77. The van der Waals surface area contributed by atoms with Crippen LogP contribution in [0.25, 0.3) is 0 Å². The molecule has 1 aliphatic rings. The van der Waals surface area contributed by atoms with Crippen LogP contribution in [0.15, 0.2) is 29.0 Å². The summed E-state index contributed by atoms with van der Waals surface area (Å²) < 4.78 is 40.4. The Labute approximate surface area is 144 Å². The molecule has 2 aromatic heterocycles. The van der Waals surface area contributed by atoms with Crippen molar-refractivity contribution in [3.63, 3.8) is 0 Å². The van der Waals surface area contributed by atoms with Gasteiger partial charge in [0.2, 0.25) is 5.91 Å². The van der Waals surface area contributed by atoms with Crippen molar-refractivity contribution in [2.75, 3.05) is 5.32 Å². The van der Waals surface area contributed by atoms with Gasteiger partial charge in [0.05, 0.1) is 16.7 Å². The minimum atomic E-state index is -4.52. The second-order valence-electron chi connectivity index (χ2n) is 5.58. The molecule has 0 spiro atoms. The minimum Gasteiger partial charge on any atom is -0.326 e. The van der Waals surface area contributed by atoms with Crippen molar-refractivity contribution in [3.05, 3.63) is 40.4 Å². The molecule has 3 rings (SSSR count). The first-order valence-corrected chi connectivity index (χ1v) is 8.19. The van der Waals surface area contributed by atoms with Crippen LogP contribution in [0.1, 0.15) is 36.6 Å². The molecule has 0 unspecified atom stereocenters. The number of pyridine rings is 1. The fourth-order valence-corrected chi connectivity index (χ4v) is 3.25. The van der Waals surface area contributed by atoms with Gasteiger partial charge in [-0.2, -0.15) is 18.3 Å². The molecule has 9 heteroatoms. The van der Waals surface area contributed by atoms with Crippen LogP contribution in [0.3, 0.4) is 0 Å². The van der Waals surface area contributed by atoms with Crippen molar-refractivity contribution in [1.82, 2.24) is 14.8 Å². The van der Waals surface area contributed by atoms with E-state index in [2.05, 4.69) is 31.3 Å². The van der Waals surface area contributed by atoms with E-state index < -0.39 is 11.9 Å². The lowest BCUT2D eigenvalue weighted by atomic mass is 10.2.